The highest BCUT2D eigenvalue weighted by atomic mass is 32.2. The molecule has 3 heterocycles. The summed E-state index contributed by atoms with van der Waals surface area (Å²) in [6.07, 6.45) is 1.50. The van der Waals surface area contributed by atoms with Crippen molar-refractivity contribution in [3.8, 4) is 0 Å². The van der Waals surface area contributed by atoms with Crippen LogP contribution in [0.15, 0.2) is 34.7 Å². The van der Waals surface area contributed by atoms with E-state index in [2.05, 4.69) is 10.6 Å². The zero-order valence-electron chi connectivity index (χ0n) is 17.4. The summed E-state index contributed by atoms with van der Waals surface area (Å²) in [5.41, 5.74) is 2.02. The van der Waals surface area contributed by atoms with E-state index in [1.165, 1.54) is 27.6 Å². The molecule has 1 amide bonds. The first-order valence-electron chi connectivity index (χ1n) is 9.49. The van der Waals surface area contributed by atoms with Crippen LogP contribution in [0.5, 0.6) is 0 Å². The zero-order valence-corrected chi connectivity index (χ0v) is 19.1. The first-order valence-corrected chi connectivity index (χ1v) is 11.4. The van der Waals surface area contributed by atoms with Crippen molar-refractivity contribution in [2.24, 2.45) is 5.41 Å². The van der Waals surface area contributed by atoms with Crippen LogP contribution in [0.2, 0.25) is 0 Å². The number of nitrogens with zero attached hydrogens (tertiary/aromatic N) is 2. The number of allylic oxidation sites excluding steroid dienone is 1. The van der Waals surface area contributed by atoms with E-state index in [0.717, 1.165) is 17.9 Å². The Balaban J connectivity index is 1.81. The lowest BCUT2D eigenvalue weighted by molar-refractivity contribution is -0.125. The van der Waals surface area contributed by atoms with Gasteiger partial charge in [0.1, 0.15) is 0 Å². The standard InChI is InChI=1S/C22H26N2O3S2/c1-14-9-17(15(2)23(14)11-16-7-6-8-28-16)18(25)12-24-20(27)13-29-21(24)10-19(26)22(3,4)5/h6-10H,11-13H2,1-5H3/b21-10-. The Morgan fingerprint density at radius 3 is 2.59 bits per heavy atom. The van der Waals surface area contributed by atoms with Crippen LogP contribution in [-0.4, -0.2) is 39.2 Å². The number of carbonyl (C=O) groups is 3. The van der Waals surface area contributed by atoms with Gasteiger partial charge < -0.3 is 4.57 Å². The number of Topliss-reactive ketones (excluding diaryl/α,β-unsaturated/α-hetero) is 1. The Hall–Kier alpha value is -2.12. The smallest absolute Gasteiger partial charge is 0.238 e. The average Bonchev–Trinajstić information content (AvgIpc) is 3.33. The van der Waals surface area contributed by atoms with E-state index >= 15 is 0 Å². The number of aromatic nitrogens is 1. The summed E-state index contributed by atoms with van der Waals surface area (Å²) in [5, 5.41) is 2.61. The molecule has 0 atom stereocenters. The van der Waals surface area contributed by atoms with Crippen molar-refractivity contribution < 1.29 is 14.4 Å². The van der Waals surface area contributed by atoms with Crippen molar-refractivity contribution in [1.82, 2.24) is 9.47 Å². The van der Waals surface area contributed by atoms with Crippen molar-refractivity contribution in [2.75, 3.05) is 12.3 Å². The van der Waals surface area contributed by atoms with Gasteiger partial charge in [-0.1, -0.05) is 38.6 Å². The Morgan fingerprint density at radius 2 is 1.97 bits per heavy atom. The summed E-state index contributed by atoms with van der Waals surface area (Å²) >= 11 is 3.00. The van der Waals surface area contributed by atoms with Crippen molar-refractivity contribution in [3.05, 3.63) is 56.5 Å². The molecule has 5 nitrogen and oxygen atoms in total. The van der Waals surface area contributed by atoms with Crippen molar-refractivity contribution in [2.45, 2.75) is 41.2 Å². The number of amides is 1. The highest BCUT2D eigenvalue weighted by molar-refractivity contribution is 8.04. The van der Waals surface area contributed by atoms with Gasteiger partial charge in [0, 0.05) is 33.3 Å². The summed E-state index contributed by atoms with van der Waals surface area (Å²) in [5.74, 6) is -0.0426. The predicted octanol–water partition coefficient (Wildman–Crippen LogP) is 4.43. The number of hydrogen-bond acceptors (Lipinski definition) is 5. The lowest BCUT2D eigenvalue weighted by Crippen LogP contribution is -2.31. The van der Waals surface area contributed by atoms with Crippen LogP contribution in [0.1, 0.15) is 47.4 Å². The van der Waals surface area contributed by atoms with E-state index in [9.17, 15) is 14.4 Å². The Morgan fingerprint density at radius 1 is 1.24 bits per heavy atom. The van der Waals surface area contributed by atoms with E-state index in [4.69, 9.17) is 0 Å². The second-order valence-electron chi connectivity index (χ2n) is 8.24. The molecule has 0 bridgehead atoms. The molecule has 0 radical (unpaired) electrons. The quantitative estimate of drug-likeness (QED) is 0.502. The lowest BCUT2D eigenvalue weighted by atomic mass is 9.91. The molecule has 1 aliphatic heterocycles. The van der Waals surface area contributed by atoms with Crippen LogP contribution in [0, 0.1) is 19.3 Å². The second kappa shape index (κ2) is 8.32. The van der Waals surface area contributed by atoms with E-state index < -0.39 is 5.41 Å². The minimum absolute atomic E-state index is 0.0433. The first-order chi connectivity index (χ1) is 13.6. The van der Waals surface area contributed by atoms with Gasteiger partial charge in [-0.25, -0.2) is 0 Å². The number of rotatable bonds is 6. The second-order valence-corrected chi connectivity index (χ2v) is 10.3. The molecule has 0 aliphatic carbocycles. The van der Waals surface area contributed by atoms with Crippen LogP contribution in [0.3, 0.4) is 0 Å². The van der Waals surface area contributed by atoms with E-state index in [1.54, 1.807) is 11.3 Å². The zero-order chi connectivity index (χ0) is 21.3. The summed E-state index contributed by atoms with van der Waals surface area (Å²) in [6, 6.07) is 5.99. The topological polar surface area (TPSA) is 59.4 Å². The van der Waals surface area contributed by atoms with Crippen LogP contribution >= 0.6 is 23.1 Å². The minimum Gasteiger partial charge on any atom is -0.343 e. The number of thioether (sulfide) groups is 1. The summed E-state index contributed by atoms with van der Waals surface area (Å²) < 4.78 is 2.12. The van der Waals surface area contributed by atoms with Crippen LogP contribution in [0.25, 0.3) is 0 Å². The van der Waals surface area contributed by atoms with Crippen molar-refractivity contribution >= 4 is 40.6 Å². The third-order valence-corrected chi connectivity index (χ3v) is 6.86. The molecular formula is C22H26N2O3S2. The van der Waals surface area contributed by atoms with Gasteiger partial charge >= 0.3 is 0 Å². The lowest BCUT2D eigenvalue weighted by Gasteiger charge is -2.19. The maximum Gasteiger partial charge on any atom is 0.238 e. The molecule has 29 heavy (non-hydrogen) atoms. The molecule has 2 aromatic rings. The normalized spacial score (nSPS) is 16.1. The number of carbonyl (C=O) groups excluding carboxylic acids is 3. The monoisotopic (exact) mass is 430 g/mol. The molecule has 0 spiro atoms. The van der Waals surface area contributed by atoms with E-state index in [-0.39, 0.29) is 29.8 Å². The largest absolute Gasteiger partial charge is 0.343 e. The molecule has 0 unspecified atom stereocenters. The van der Waals surface area contributed by atoms with Gasteiger partial charge in [-0.05, 0) is 31.4 Å². The van der Waals surface area contributed by atoms with Gasteiger partial charge in [-0.2, -0.15) is 0 Å². The van der Waals surface area contributed by atoms with Gasteiger partial charge in [0.15, 0.2) is 11.6 Å². The van der Waals surface area contributed by atoms with Crippen LogP contribution < -0.4 is 0 Å². The number of ketones is 2. The molecular weight excluding hydrogens is 404 g/mol. The number of aryl methyl sites for hydroxylation is 1. The first kappa shape index (κ1) is 21.6. The molecule has 0 aromatic carbocycles. The van der Waals surface area contributed by atoms with Gasteiger partial charge in [0.2, 0.25) is 5.91 Å². The number of thiophene rings is 1. The number of hydrogen-bond donors (Lipinski definition) is 0. The van der Waals surface area contributed by atoms with Gasteiger partial charge in [-0.15, -0.1) is 11.3 Å². The maximum atomic E-state index is 13.0. The van der Waals surface area contributed by atoms with Crippen molar-refractivity contribution in [3.63, 3.8) is 0 Å². The van der Waals surface area contributed by atoms with Crippen LogP contribution in [-0.2, 0) is 16.1 Å². The molecule has 3 rings (SSSR count). The Labute approximate surface area is 179 Å². The third kappa shape index (κ3) is 4.73. The molecule has 1 fully saturated rings. The van der Waals surface area contributed by atoms with Gasteiger partial charge in [-0.3, -0.25) is 19.3 Å². The summed E-state index contributed by atoms with van der Waals surface area (Å²) in [4.78, 5) is 40.4. The van der Waals surface area contributed by atoms with Gasteiger partial charge in [0.25, 0.3) is 0 Å². The fourth-order valence-electron chi connectivity index (χ4n) is 3.14. The van der Waals surface area contributed by atoms with Crippen molar-refractivity contribution in [1.29, 1.82) is 0 Å². The Bertz CT molecular complexity index is 979. The van der Waals surface area contributed by atoms with E-state index in [0.29, 0.717) is 10.6 Å². The molecule has 1 saturated heterocycles. The average molecular weight is 431 g/mol. The molecule has 154 valence electrons. The maximum absolute atomic E-state index is 13.0. The van der Waals surface area contributed by atoms with Crippen LogP contribution in [0.4, 0.5) is 0 Å². The highest BCUT2D eigenvalue weighted by Crippen LogP contribution is 2.31. The fourth-order valence-corrected chi connectivity index (χ4v) is 4.78. The molecule has 0 N–H and O–H groups in total. The Kier molecular flexibility index (Phi) is 6.19. The third-order valence-electron chi connectivity index (χ3n) is 4.97. The highest BCUT2D eigenvalue weighted by Gasteiger charge is 2.31. The summed E-state index contributed by atoms with van der Waals surface area (Å²) in [7, 11) is 0. The molecule has 2 aromatic heterocycles. The SMILES string of the molecule is Cc1cc(C(=O)CN2C(=O)CS/C2=C\C(=O)C(C)(C)C)c(C)n1Cc1cccs1. The molecule has 7 heteroatoms. The van der Waals surface area contributed by atoms with Gasteiger partial charge in [0.05, 0.1) is 23.9 Å². The fraction of sp³-hybridized carbons (Fsp3) is 0.409. The predicted molar refractivity (Wildman–Crippen MR) is 118 cm³/mol. The molecule has 1 aliphatic rings. The summed E-state index contributed by atoms with van der Waals surface area (Å²) in [6.45, 7) is 10.1. The van der Waals surface area contributed by atoms with E-state index in [1.807, 2.05) is 52.1 Å². The molecule has 0 saturated carbocycles. The minimum atomic E-state index is -0.526.